The minimum absolute atomic E-state index is 0.0892. The number of nitrogens with one attached hydrogen (secondary N) is 2. The van der Waals surface area contributed by atoms with Crippen molar-refractivity contribution >= 4 is 5.91 Å². The lowest BCUT2D eigenvalue weighted by Crippen LogP contribution is -2.44. The van der Waals surface area contributed by atoms with E-state index < -0.39 is 5.60 Å². The number of amides is 1. The molecule has 0 aromatic carbocycles. The van der Waals surface area contributed by atoms with E-state index >= 15 is 0 Å². The standard InChI is InChI=1S/C15H28N2O2/c18-14(8-7-13-6-2-5-11-16-13)17-12-15(19)9-3-1-4-10-15/h13,16,19H,1-12H2,(H,17,18). The third-order valence-corrected chi connectivity index (χ3v) is 4.53. The van der Waals surface area contributed by atoms with E-state index in [2.05, 4.69) is 10.6 Å². The van der Waals surface area contributed by atoms with Gasteiger partial charge in [0.1, 0.15) is 0 Å². The molecule has 2 fully saturated rings. The Morgan fingerprint density at radius 3 is 2.68 bits per heavy atom. The Kier molecular flexibility index (Phi) is 5.64. The predicted octanol–water partition coefficient (Wildman–Crippen LogP) is 1.72. The van der Waals surface area contributed by atoms with Crippen molar-refractivity contribution in [2.75, 3.05) is 13.1 Å². The van der Waals surface area contributed by atoms with Crippen molar-refractivity contribution in [3.8, 4) is 0 Å². The quantitative estimate of drug-likeness (QED) is 0.711. The molecule has 3 N–H and O–H groups in total. The minimum Gasteiger partial charge on any atom is -0.388 e. The smallest absolute Gasteiger partial charge is 0.220 e. The highest BCUT2D eigenvalue weighted by Crippen LogP contribution is 2.27. The van der Waals surface area contributed by atoms with Crippen LogP contribution in [0.25, 0.3) is 0 Å². The van der Waals surface area contributed by atoms with Crippen molar-refractivity contribution < 1.29 is 9.90 Å². The van der Waals surface area contributed by atoms with Gasteiger partial charge >= 0.3 is 0 Å². The fraction of sp³-hybridized carbons (Fsp3) is 0.933. The number of piperidine rings is 1. The molecule has 1 aliphatic carbocycles. The van der Waals surface area contributed by atoms with Crippen LogP contribution in [0.2, 0.25) is 0 Å². The van der Waals surface area contributed by atoms with Crippen molar-refractivity contribution in [2.45, 2.75) is 75.9 Å². The second-order valence-corrected chi connectivity index (χ2v) is 6.25. The van der Waals surface area contributed by atoms with E-state index in [0.29, 0.717) is 19.0 Å². The average Bonchev–Trinajstić information content (AvgIpc) is 2.45. The van der Waals surface area contributed by atoms with Gasteiger partial charge in [0.25, 0.3) is 0 Å². The van der Waals surface area contributed by atoms with E-state index in [9.17, 15) is 9.90 Å². The van der Waals surface area contributed by atoms with E-state index in [0.717, 1.165) is 38.6 Å². The number of hydrogen-bond acceptors (Lipinski definition) is 3. The Morgan fingerprint density at radius 1 is 1.21 bits per heavy atom. The van der Waals surface area contributed by atoms with Crippen LogP contribution in [0.5, 0.6) is 0 Å². The molecule has 2 rings (SSSR count). The molecule has 0 aromatic heterocycles. The fourth-order valence-corrected chi connectivity index (χ4v) is 3.21. The lowest BCUT2D eigenvalue weighted by atomic mass is 9.85. The number of aliphatic hydroxyl groups is 1. The Bertz CT molecular complexity index is 282. The van der Waals surface area contributed by atoms with Crippen molar-refractivity contribution in [3.05, 3.63) is 0 Å². The van der Waals surface area contributed by atoms with Gasteiger partial charge in [-0.25, -0.2) is 0 Å². The van der Waals surface area contributed by atoms with Gasteiger partial charge in [0.2, 0.25) is 5.91 Å². The Labute approximate surface area is 116 Å². The first-order valence-corrected chi connectivity index (χ1v) is 7.90. The summed E-state index contributed by atoms with van der Waals surface area (Å²) in [4.78, 5) is 11.8. The molecular formula is C15H28N2O2. The zero-order valence-electron chi connectivity index (χ0n) is 11.9. The van der Waals surface area contributed by atoms with E-state index in [-0.39, 0.29) is 5.91 Å². The lowest BCUT2D eigenvalue weighted by Gasteiger charge is -2.32. The second-order valence-electron chi connectivity index (χ2n) is 6.25. The molecular weight excluding hydrogens is 240 g/mol. The topological polar surface area (TPSA) is 61.4 Å². The maximum atomic E-state index is 11.8. The summed E-state index contributed by atoms with van der Waals surface area (Å²) in [5.41, 5.74) is -0.642. The van der Waals surface area contributed by atoms with Crippen molar-refractivity contribution in [1.82, 2.24) is 10.6 Å². The fourth-order valence-electron chi connectivity index (χ4n) is 3.21. The van der Waals surface area contributed by atoms with E-state index in [1.807, 2.05) is 0 Å². The molecule has 19 heavy (non-hydrogen) atoms. The summed E-state index contributed by atoms with van der Waals surface area (Å²) >= 11 is 0. The molecule has 0 bridgehead atoms. The number of carbonyl (C=O) groups excluding carboxylic acids is 1. The zero-order valence-corrected chi connectivity index (χ0v) is 11.9. The average molecular weight is 268 g/mol. The van der Waals surface area contributed by atoms with Crippen LogP contribution in [0, 0.1) is 0 Å². The molecule has 2 aliphatic rings. The van der Waals surface area contributed by atoms with Crippen LogP contribution < -0.4 is 10.6 Å². The summed E-state index contributed by atoms with van der Waals surface area (Å²) in [6, 6.07) is 0.511. The van der Waals surface area contributed by atoms with Gasteiger partial charge in [0, 0.05) is 19.0 Å². The molecule has 0 spiro atoms. The molecule has 1 unspecified atom stereocenters. The van der Waals surface area contributed by atoms with Crippen molar-refractivity contribution in [3.63, 3.8) is 0 Å². The van der Waals surface area contributed by atoms with Gasteiger partial charge in [-0.3, -0.25) is 4.79 Å². The van der Waals surface area contributed by atoms with E-state index in [1.165, 1.54) is 25.7 Å². The first kappa shape index (κ1) is 14.8. The molecule has 1 heterocycles. The monoisotopic (exact) mass is 268 g/mol. The van der Waals surface area contributed by atoms with Crippen LogP contribution in [0.3, 0.4) is 0 Å². The van der Waals surface area contributed by atoms with Crippen molar-refractivity contribution in [1.29, 1.82) is 0 Å². The molecule has 4 nitrogen and oxygen atoms in total. The van der Waals surface area contributed by atoms with Gasteiger partial charge in [-0.05, 0) is 38.6 Å². The van der Waals surface area contributed by atoms with Gasteiger partial charge in [0.15, 0.2) is 0 Å². The largest absolute Gasteiger partial charge is 0.388 e. The summed E-state index contributed by atoms with van der Waals surface area (Å²) in [6.07, 6.45) is 10.3. The van der Waals surface area contributed by atoms with Gasteiger partial charge < -0.3 is 15.7 Å². The molecule has 4 heteroatoms. The lowest BCUT2D eigenvalue weighted by molar-refractivity contribution is -0.123. The number of carbonyl (C=O) groups is 1. The molecule has 1 saturated heterocycles. The first-order valence-electron chi connectivity index (χ1n) is 7.90. The van der Waals surface area contributed by atoms with Gasteiger partial charge in [-0.2, -0.15) is 0 Å². The van der Waals surface area contributed by atoms with Crippen LogP contribution in [-0.2, 0) is 4.79 Å². The minimum atomic E-state index is -0.642. The first-order chi connectivity index (χ1) is 9.18. The summed E-state index contributed by atoms with van der Waals surface area (Å²) in [6.45, 7) is 1.52. The van der Waals surface area contributed by atoms with Crippen LogP contribution >= 0.6 is 0 Å². The SMILES string of the molecule is O=C(CCC1CCCCN1)NCC1(O)CCCCC1. The molecule has 1 amide bonds. The van der Waals surface area contributed by atoms with Gasteiger partial charge in [-0.15, -0.1) is 0 Å². The van der Waals surface area contributed by atoms with Crippen LogP contribution in [0.4, 0.5) is 0 Å². The summed E-state index contributed by atoms with van der Waals surface area (Å²) in [5.74, 6) is 0.0892. The normalized spacial score (nSPS) is 26.9. The predicted molar refractivity (Wildman–Crippen MR) is 75.9 cm³/mol. The number of rotatable bonds is 5. The van der Waals surface area contributed by atoms with Crippen molar-refractivity contribution in [2.24, 2.45) is 0 Å². The highest BCUT2D eigenvalue weighted by molar-refractivity contribution is 5.75. The molecule has 1 aliphatic heterocycles. The zero-order chi connectivity index (χ0) is 13.6. The highest BCUT2D eigenvalue weighted by Gasteiger charge is 2.29. The highest BCUT2D eigenvalue weighted by atomic mass is 16.3. The van der Waals surface area contributed by atoms with Crippen LogP contribution in [-0.4, -0.2) is 35.7 Å². The van der Waals surface area contributed by atoms with E-state index in [4.69, 9.17) is 0 Å². The maximum Gasteiger partial charge on any atom is 0.220 e. The maximum absolute atomic E-state index is 11.8. The molecule has 0 aromatic rings. The van der Waals surface area contributed by atoms with Gasteiger partial charge in [-0.1, -0.05) is 25.7 Å². The van der Waals surface area contributed by atoms with E-state index in [1.54, 1.807) is 0 Å². The molecule has 0 radical (unpaired) electrons. The summed E-state index contributed by atoms with van der Waals surface area (Å²) < 4.78 is 0. The molecule has 110 valence electrons. The Morgan fingerprint density at radius 2 is 2.00 bits per heavy atom. The Balaban J connectivity index is 1.61. The third kappa shape index (κ3) is 5.11. The summed E-state index contributed by atoms with van der Waals surface area (Å²) in [7, 11) is 0. The molecule has 1 saturated carbocycles. The number of hydrogen-bond donors (Lipinski definition) is 3. The van der Waals surface area contributed by atoms with Crippen LogP contribution in [0.15, 0.2) is 0 Å². The van der Waals surface area contributed by atoms with Gasteiger partial charge in [0.05, 0.1) is 5.60 Å². The summed E-state index contributed by atoms with van der Waals surface area (Å²) in [5, 5.41) is 16.7. The third-order valence-electron chi connectivity index (χ3n) is 4.53. The van der Waals surface area contributed by atoms with Crippen LogP contribution in [0.1, 0.15) is 64.2 Å². The second kappa shape index (κ2) is 7.25. The Hall–Kier alpha value is -0.610. The molecule has 1 atom stereocenters.